The summed E-state index contributed by atoms with van der Waals surface area (Å²) in [6.45, 7) is -0.0554. The third kappa shape index (κ3) is 2.08. The number of ketones is 1. The van der Waals surface area contributed by atoms with Gasteiger partial charge in [0.15, 0.2) is 11.4 Å². The van der Waals surface area contributed by atoms with E-state index >= 15 is 0 Å². The number of hydrogen-bond donors (Lipinski definition) is 2. The minimum absolute atomic E-state index is 0. The zero-order valence-electron chi connectivity index (χ0n) is 7.65. The SMILES string of the molecule is Cl.NCC(=O)c1ccc2[nH]c(=O)oc2c1. The van der Waals surface area contributed by atoms with Crippen molar-refractivity contribution in [2.24, 2.45) is 5.73 Å². The van der Waals surface area contributed by atoms with E-state index in [2.05, 4.69) is 4.98 Å². The molecule has 1 aromatic heterocycles. The van der Waals surface area contributed by atoms with Gasteiger partial charge in [-0.1, -0.05) is 0 Å². The summed E-state index contributed by atoms with van der Waals surface area (Å²) in [6.07, 6.45) is 0. The lowest BCUT2D eigenvalue weighted by Crippen LogP contribution is -2.13. The minimum Gasteiger partial charge on any atom is -0.408 e. The van der Waals surface area contributed by atoms with Crippen molar-refractivity contribution in [2.45, 2.75) is 0 Å². The zero-order valence-corrected chi connectivity index (χ0v) is 8.47. The number of Topliss-reactive ketones (excluding diaryl/α,β-unsaturated/α-hetero) is 1. The topological polar surface area (TPSA) is 89.1 Å². The average molecular weight is 229 g/mol. The smallest absolute Gasteiger partial charge is 0.408 e. The van der Waals surface area contributed by atoms with Gasteiger partial charge in [0, 0.05) is 5.56 Å². The van der Waals surface area contributed by atoms with Crippen LogP contribution in [0, 0.1) is 0 Å². The highest BCUT2D eigenvalue weighted by Crippen LogP contribution is 2.12. The van der Waals surface area contributed by atoms with Crippen LogP contribution in [0.15, 0.2) is 27.4 Å². The number of benzene rings is 1. The molecule has 2 aromatic rings. The van der Waals surface area contributed by atoms with Gasteiger partial charge in [0.05, 0.1) is 12.1 Å². The Hall–Kier alpha value is -1.59. The molecule has 0 atom stereocenters. The highest BCUT2D eigenvalue weighted by atomic mass is 35.5. The molecule has 3 N–H and O–H groups in total. The van der Waals surface area contributed by atoms with Gasteiger partial charge in [-0.15, -0.1) is 12.4 Å². The van der Waals surface area contributed by atoms with Crippen LogP contribution >= 0.6 is 12.4 Å². The van der Waals surface area contributed by atoms with Gasteiger partial charge in [-0.3, -0.25) is 9.78 Å². The Kier molecular flexibility index (Phi) is 3.28. The van der Waals surface area contributed by atoms with E-state index in [9.17, 15) is 9.59 Å². The first-order valence-corrected chi connectivity index (χ1v) is 4.07. The van der Waals surface area contributed by atoms with Crippen LogP contribution in [0.4, 0.5) is 0 Å². The lowest BCUT2D eigenvalue weighted by atomic mass is 10.1. The van der Waals surface area contributed by atoms with Crippen LogP contribution in [0.2, 0.25) is 0 Å². The van der Waals surface area contributed by atoms with E-state index in [-0.39, 0.29) is 24.7 Å². The van der Waals surface area contributed by atoms with Crippen LogP contribution in [0.25, 0.3) is 11.1 Å². The van der Waals surface area contributed by atoms with Crippen LogP contribution in [-0.4, -0.2) is 17.3 Å². The van der Waals surface area contributed by atoms with E-state index in [0.29, 0.717) is 16.7 Å². The van der Waals surface area contributed by atoms with E-state index in [1.807, 2.05) is 0 Å². The number of fused-ring (bicyclic) bond motifs is 1. The molecule has 0 aliphatic carbocycles. The Morgan fingerprint density at radius 2 is 2.20 bits per heavy atom. The lowest BCUT2D eigenvalue weighted by Gasteiger charge is -1.95. The molecule has 6 heteroatoms. The third-order valence-corrected chi connectivity index (χ3v) is 1.93. The Bertz CT molecular complexity index is 544. The van der Waals surface area contributed by atoms with Gasteiger partial charge in [-0.25, -0.2) is 4.79 Å². The van der Waals surface area contributed by atoms with Crippen molar-refractivity contribution in [3.63, 3.8) is 0 Å². The molecule has 1 heterocycles. The van der Waals surface area contributed by atoms with Crippen LogP contribution < -0.4 is 11.5 Å². The summed E-state index contributed by atoms with van der Waals surface area (Å²) in [7, 11) is 0. The van der Waals surface area contributed by atoms with E-state index in [4.69, 9.17) is 10.2 Å². The second kappa shape index (κ2) is 4.29. The van der Waals surface area contributed by atoms with E-state index < -0.39 is 5.76 Å². The van der Waals surface area contributed by atoms with Crippen LogP contribution in [-0.2, 0) is 0 Å². The highest BCUT2D eigenvalue weighted by molar-refractivity contribution is 5.99. The lowest BCUT2D eigenvalue weighted by molar-refractivity contribution is 0.100. The molecule has 2 rings (SSSR count). The monoisotopic (exact) mass is 228 g/mol. The summed E-state index contributed by atoms with van der Waals surface area (Å²) in [5, 5.41) is 0. The molecule has 0 bridgehead atoms. The summed E-state index contributed by atoms with van der Waals surface area (Å²) in [5.74, 6) is -0.715. The fourth-order valence-electron chi connectivity index (χ4n) is 1.24. The van der Waals surface area contributed by atoms with Crippen molar-refractivity contribution in [1.29, 1.82) is 0 Å². The molecule has 0 saturated heterocycles. The number of halogens is 1. The molecule has 5 nitrogen and oxygen atoms in total. The largest absolute Gasteiger partial charge is 0.417 e. The second-order valence-corrected chi connectivity index (χ2v) is 2.85. The van der Waals surface area contributed by atoms with Crippen LogP contribution in [0.5, 0.6) is 0 Å². The van der Waals surface area contributed by atoms with Crippen molar-refractivity contribution in [2.75, 3.05) is 6.54 Å². The van der Waals surface area contributed by atoms with Gasteiger partial charge in [-0.2, -0.15) is 0 Å². The van der Waals surface area contributed by atoms with E-state index in [1.165, 1.54) is 6.07 Å². The summed E-state index contributed by atoms with van der Waals surface area (Å²) in [5.41, 5.74) is 6.59. The first-order chi connectivity index (χ1) is 6.70. The molecule has 15 heavy (non-hydrogen) atoms. The van der Waals surface area contributed by atoms with Gasteiger partial charge in [0.1, 0.15) is 0 Å². The van der Waals surface area contributed by atoms with Crippen LogP contribution in [0.3, 0.4) is 0 Å². The number of rotatable bonds is 2. The minimum atomic E-state index is -0.530. The molecule has 1 aromatic carbocycles. The number of nitrogens with two attached hydrogens (primary N) is 1. The van der Waals surface area contributed by atoms with E-state index in [0.717, 1.165) is 0 Å². The molecule has 0 amide bonds. The summed E-state index contributed by atoms with van der Waals surface area (Å²) in [4.78, 5) is 24.5. The van der Waals surface area contributed by atoms with Crippen molar-refractivity contribution >= 4 is 29.3 Å². The Labute approximate surface area is 90.7 Å². The predicted molar refractivity (Wildman–Crippen MR) is 57.5 cm³/mol. The Morgan fingerprint density at radius 1 is 1.47 bits per heavy atom. The maximum absolute atomic E-state index is 11.2. The molecule has 0 aliphatic heterocycles. The second-order valence-electron chi connectivity index (χ2n) is 2.85. The molecule has 0 aliphatic rings. The molecule has 80 valence electrons. The summed E-state index contributed by atoms with van der Waals surface area (Å²) >= 11 is 0. The maximum Gasteiger partial charge on any atom is 0.417 e. The van der Waals surface area contributed by atoms with Crippen LogP contribution in [0.1, 0.15) is 10.4 Å². The zero-order chi connectivity index (χ0) is 10.1. The number of aromatic amines is 1. The third-order valence-electron chi connectivity index (χ3n) is 1.93. The van der Waals surface area contributed by atoms with Gasteiger partial charge in [0.25, 0.3) is 0 Å². The normalized spacial score (nSPS) is 9.93. The molecule has 0 unspecified atom stereocenters. The quantitative estimate of drug-likeness (QED) is 0.740. The average Bonchev–Trinajstić information content (AvgIpc) is 2.55. The summed E-state index contributed by atoms with van der Waals surface area (Å²) in [6, 6.07) is 4.72. The Balaban J connectivity index is 0.00000112. The van der Waals surface area contributed by atoms with Crippen molar-refractivity contribution in [3.05, 3.63) is 34.3 Å². The predicted octanol–water partition coefficient (Wildman–Crippen LogP) is 0.684. The standard InChI is InChI=1S/C9H8N2O3.ClH/c10-4-7(12)5-1-2-6-8(3-5)14-9(13)11-6;/h1-3H,4,10H2,(H,11,13);1H. The maximum atomic E-state index is 11.2. The number of aromatic nitrogens is 1. The number of hydrogen-bond acceptors (Lipinski definition) is 4. The molecule has 0 spiro atoms. The number of nitrogens with one attached hydrogen (secondary N) is 1. The number of oxazole rings is 1. The van der Waals surface area contributed by atoms with Crippen molar-refractivity contribution in [1.82, 2.24) is 4.98 Å². The highest BCUT2D eigenvalue weighted by Gasteiger charge is 2.06. The molecule has 0 radical (unpaired) electrons. The van der Waals surface area contributed by atoms with Crippen molar-refractivity contribution in [3.8, 4) is 0 Å². The first-order valence-electron chi connectivity index (χ1n) is 4.07. The molecular formula is C9H9ClN2O3. The number of H-pyrrole nitrogens is 1. The number of carbonyl (C=O) groups is 1. The Morgan fingerprint density at radius 3 is 2.87 bits per heavy atom. The number of carbonyl (C=O) groups excluding carboxylic acids is 1. The van der Waals surface area contributed by atoms with Gasteiger partial charge in [0.2, 0.25) is 0 Å². The molecule has 0 fully saturated rings. The summed E-state index contributed by atoms with van der Waals surface area (Å²) < 4.78 is 4.80. The van der Waals surface area contributed by atoms with Crippen molar-refractivity contribution < 1.29 is 9.21 Å². The van der Waals surface area contributed by atoms with E-state index in [1.54, 1.807) is 12.1 Å². The van der Waals surface area contributed by atoms with Gasteiger partial charge >= 0.3 is 5.76 Å². The molecular weight excluding hydrogens is 220 g/mol. The fourth-order valence-corrected chi connectivity index (χ4v) is 1.24. The van der Waals surface area contributed by atoms with Gasteiger partial charge in [-0.05, 0) is 18.2 Å². The first kappa shape index (κ1) is 11.5. The fraction of sp³-hybridized carbons (Fsp3) is 0.111. The van der Waals surface area contributed by atoms with Gasteiger partial charge < -0.3 is 10.2 Å². The molecule has 0 saturated carbocycles.